The van der Waals surface area contributed by atoms with Crippen LogP contribution in [0.3, 0.4) is 0 Å². The number of H-pyrrole nitrogens is 1. The van der Waals surface area contributed by atoms with Gasteiger partial charge in [-0.1, -0.05) is 44.0 Å². The van der Waals surface area contributed by atoms with E-state index in [0.717, 1.165) is 4.90 Å². The number of nitrogens with zero attached hydrogens (tertiary/aromatic N) is 2. The van der Waals surface area contributed by atoms with Crippen LogP contribution >= 0.6 is 16.8 Å². The molecule has 0 bridgehead atoms. The fourth-order valence-corrected chi connectivity index (χ4v) is 9.02. The number of aromatic nitrogens is 2. The molecule has 2 aromatic rings. The standard InChI is InChI=1S/C23H34N3O7PS2Si/c1-15-13-25(22(28)24-21(15)27)20-12-18(19(32-20)14-31-37(6,7)23(2,3)4)33-34(5,35)36-17-10-8-16(9-11-17)26(29)30/h8-11,13,18-20H,12,14H2,1-7H3,(H,24,27,28)/t18-,19+,20+,34?/m0/s1. The summed E-state index contributed by atoms with van der Waals surface area (Å²) < 4.78 is 20.6. The third kappa shape index (κ3) is 7.50. The fraction of sp³-hybridized carbons (Fsp3) is 0.565. The zero-order valence-electron chi connectivity index (χ0n) is 22.0. The number of ether oxygens (including phenoxy) is 1. The zero-order valence-corrected chi connectivity index (χ0v) is 25.6. The topological polar surface area (TPSA) is 126 Å². The number of nitro benzene ring substituents is 1. The van der Waals surface area contributed by atoms with Crippen LogP contribution in [0.25, 0.3) is 0 Å². The smallest absolute Gasteiger partial charge is 0.330 e. The van der Waals surface area contributed by atoms with Gasteiger partial charge in [-0.25, -0.2) is 4.79 Å². The molecule has 1 N–H and O–H groups in total. The first-order valence-electron chi connectivity index (χ1n) is 11.8. The van der Waals surface area contributed by atoms with Crippen LogP contribution in [0, 0.1) is 17.0 Å². The molecule has 204 valence electrons. The van der Waals surface area contributed by atoms with Gasteiger partial charge in [0.15, 0.2) is 8.32 Å². The number of non-ortho nitro benzene ring substituents is 1. The van der Waals surface area contributed by atoms with E-state index >= 15 is 0 Å². The van der Waals surface area contributed by atoms with E-state index in [1.165, 1.54) is 34.3 Å². The molecule has 1 unspecified atom stereocenters. The normalized spacial score (nSPS) is 22.1. The van der Waals surface area contributed by atoms with Crippen molar-refractivity contribution in [2.24, 2.45) is 0 Å². The first-order chi connectivity index (χ1) is 17.0. The van der Waals surface area contributed by atoms with E-state index in [9.17, 15) is 19.7 Å². The Morgan fingerprint density at radius 2 is 1.92 bits per heavy atom. The summed E-state index contributed by atoms with van der Waals surface area (Å²) in [4.78, 5) is 38.0. The second kappa shape index (κ2) is 11.2. The molecule has 1 fully saturated rings. The van der Waals surface area contributed by atoms with E-state index < -0.39 is 48.4 Å². The number of hydrogen-bond donors (Lipinski definition) is 1. The van der Waals surface area contributed by atoms with E-state index in [-0.39, 0.29) is 17.3 Å². The molecule has 0 aliphatic carbocycles. The molecule has 0 radical (unpaired) electrons. The number of nitro groups is 1. The number of benzene rings is 1. The Bertz CT molecular complexity index is 1310. The predicted octanol–water partition coefficient (Wildman–Crippen LogP) is 5.18. The number of nitrogens with one attached hydrogen (secondary N) is 1. The largest absolute Gasteiger partial charge is 0.414 e. The second-order valence-corrected chi connectivity index (χ2v) is 23.3. The van der Waals surface area contributed by atoms with Crippen LogP contribution in [0.2, 0.25) is 18.1 Å². The van der Waals surface area contributed by atoms with Crippen LogP contribution in [0.15, 0.2) is 44.9 Å². The SMILES string of the molecule is Cc1cn([C@H]2C[C@H](OP(C)(=S)Sc3ccc([N+](=O)[O-])cc3)[C@@H](CO[Si](C)(C)C(C)(C)C)O2)c(=O)[nH]c1=O. The molecule has 4 atom stereocenters. The lowest BCUT2D eigenvalue weighted by molar-refractivity contribution is -0.384. The molecule has 14 heteroatoms. The maximum atomic E-state index is 12.5. The highest BCUT2D eigenvalue weighted by atomic mass is 32.9. The molecule has 1 aliphatic heterocycles. The summed E-state index contributed by atoms with van der Waals surface area (Å²) in [6.07, 6.45) is 0.270. The molecule has 2 heterocycles. The van der Waals surface area contributed by atoms with Crippen LogP contribution in [0.4, 0.5) is 5.69 Å². The second-order valence-electron chi connectivity index (χ2n) is 10.7. The molecule has 0 saturated carbocycles. The van der Waals surface area contributed by atoms with Gasteiger partial charge in [-0.15, -0.1) is 0 Å². The summed E-state index contributed by atoms with van der Waals surface area (Å²) >= 11 is 7.21. The number of aryl methyl sites for hydroxylation is 1. The first kappa shape index (κ1) is 29.9. The van der Waals surface area contributed by atoms with Crippen LogP contribution in [-0.2, 0) is 25.5 Å². The number of hydrogen-bond acceptors (Lipinski definition) is 9. The van der Waals surface area contributed by atoms with Crippen molar-refractivity contribution in [3.05, 3.63) is 67.0 Å². The van der Waals surface area contributed by atoms with Crippen molar-refractivity contribution in [3.8, 4) is 0 Å². The monoisotopic (exact) mass is 587 g/mol. The van der Waals surface area contributed by atoms with Gasteiger partial charge in [0.2, 0.25) is 0 Å². The van der Waals surface area contributed by atoms with E-state index in [2.05, 4.69) is 38.8 Å². The quantitative estimate of drug-likeness (QED) is 0.183. The van der Waals surface area contributed by atoms with Crippen LogP contribution in [0.1, 0.15) is 39.0 Å². The molecule has 37 heavy (non-hydrogen) atoms. The summed E-state index contributed by atoms with van der Waals surface area (Å²) in [7, 11) is -2.09. The van der Waals surface area contributed by atoms with Crippen LogP contribution < -0.4 is 11.2 Å². The van der Waals surface area contributed by atoms with Gasteiger partial charge >= 0.3 is 5.69 Å². The predicted molar refractivity (Wildman–Crippen MR) is 152 cm³/mol. The number of rotatable bonds is 9. The first-order valence-corrected chi connectivity index (χ1v) is 19.3. The number of aromatic amines is 1. The van der Waals surface area contributed by atoms with Gasteiger partial charge in [-0.3, -0.25) is 24.5 Å². The third-order valence-corrected chi connectivity index (χ3v) is 15.5. The van der Waals surface area contributed by atoms with Crippen molar-refractivity contribution >= 4 is 42.7 Å². The van der Waals surface area contributed by atoms with E-state index in [1.807, 2.05) is 6.66 Å². The van der Waals surface area contributed by atoms with Crippen molar-refractivity contribution in [1.82, 2.24) is 9.55 Å². The van der Waals surface area contributed by atoms with Crippen molar-refractivity contribution < 1.29 is 18.6 Å². The van der Waals surface area contributed by atoms with Gasteiger partial charge in [0.05, 0.1) is 17.6 Å². The molecular formula is C23H34N3O7PS2Si. The Hall–Kier alpha value is -1.60. The average Bonchev–Trinajstić information content (AvgIpc) is 3.15. The Morgan fingerprint density at radius 3 is 2.49 bits per heavy atom. The molecule has 1 saturated heterocycles. The lowest BCUT2D eigenvalue weighted by Crippen LogP contribution is -2.44. The lowest BCUT2D eigenvalue weighted by atomic mass is 10.2. The highest BCUT2D eigenvalue weighted by Gasteiger charge is 2.43. The van der Waals surface area contributed by atoms with Crippen LogP contribution in [0.5, 0.6) is 0 Å². The Kier molecular flexibility index (Phi) is 9.11. The minimum atomic E-state index is -2.47. The van der Waals surface area contributed by atoms with E-state index in [0.29, 0.717) is 12.0 Å². The van der Waals surface area contributed by atoms with Crippen LogP contribution in [-0.4, -0.2) is 48.3 Å². The Morgan fingerprint density at radius 1 is 1.30 bits per heavy atom. The molecule has 1 aromatic heterocycles. The molecule has 3 rings (SSSR count). The van der Waals surface area contributed by atoms with Gasteiger partial charge in [0, 0.05) is 35.2 Å². The van der Waals surface area contributed by atoms with E-state index in [4.69, 9.17) is 25.5 Å². The molecule has 0 spiro atoms. The minimum Gasteiger partial charge on any atom is -0.414 e. The van der Waals surface area contributed by atoms with Crippen molar-refractivity contribution in [3.63, 3.8) is 0 Å². The molecule has 1 aliphatic rings. The maximum absolute atomic E-state index is 12.5. The molecule has 10 nitrogen and oxygen atoms in total. The molecule has 0 amide bonds. The highest BCUT2D eigenvalue weighted by molar-refractivity contribution is 8.69. The third-order valence-electron chi connectivity index (χ3n) is 6.70. The van der Waals surface area contributed by atoms with Crippen molar-refractivity contribution in [1.29, 1.82) is 0 Å². The highest BCUT2D eigenvalue weighted by Crippen LogP contribution is 2.62. The Labute approximate surface area is 226 Å². The van der Waals surface area contributed by atoms with Gasteiger partial charge in [-0.2, -0.15) is 0 Å². The summed E-state index contributed by atoms with van der Waals surface area (Å²) in [6.45, 7) is 14.5. The fourth-order valence-electron chi connectivity index (χ4n) is 3.53. The average molecular weight is 588 g/mol. The molecular weight excluding hydrogens is 553 g/mol. The van der Waals surface area contributed by atoms with Crippen molar-refractivity contribution in [2.75, 3.05) is 13.3 Å². The summed E-state index contributed by atoms with van der Waals surface area (Å²) in [6, 6.07) is 6.19. The lowest BCUT2D eigenvalue weighted by Gasteiger charge is -2.37. The van der Waals surface area contributed by atoms with Gasteiger partial charge < -0.3 is 13.7 Å². The summed E-state index contributed by atoms with van der Waals surface area (Å²) in [5, 5.41) is 11.0. The maximum Gasteiger partial charge on any atom is 0.330 e. The Balaban J connectivity index is 1.83. The van der Waals surface area contributed by atoms with Gasteiger partial charge in [0.1, 0.15) is 17.8 Å². The molecule has 1 aromatic carbocycles. The van der Waals surface area contributed by atoms with Crippen molar-refractivity contribution in [2.45, 2.75) is 75.6 Å². The van der Waals surface area contributed by atoms with E-state index in [1.54, 1.807) is 19.1 Å². The minimum absolute atomic E-state index is 0.000368. The van der Waals surface area contributed by atoms with Gasteiger partial charge in [-0.05, 0) is 43.9 Å². The zero-order chi connectivity index (χ0) is 27.8. The summed E-state index contributed by atoms with van der Waals surface area (Å²) in [5.41, 5.74) is -3.06. The van der Waals surface area contributed by atoms with Gasteiger partial charge in [0.25, 0.3) is 11.2 Å². The summed E-state index contributed by atoms with van der Waals surface area (Å²) in [5.74, 6) is 0.